The Labute approximate surface area is 115 Å². The smallest absolute Gasteiger partial charge is 0.226 e. The van der Waals surface area contributed by atoms with Crippen LogP contribution >= 0.6 is 22.6 Å². The molecule has 0 aromatic heterocycles. The minimum Gasteiger partial charge on any atom is -0.492 e. The molecule has 92 valence electrons. The highest BCUT2D eigenvalue weighted by Gasteiger charge is 2.25. The third-order valence-corrected chi connectivity index (χ3v) is 3.62. The summed E-state index contributed by atoms with van der Waals surface area (Å²) in [7, 11) is 0. The zero-order valence-corrected chi connectivity index (χ0v) is 11.8. The fourth-order valence-electron chi connectivity index (χ4n) is 1.92. The van der Waals surface area contributed by atoms with E-state index in [1.807, 2.05) is 24.3 Å². The van der Waals surface area contributed by atoms with Crippen LogP contribution in [-0.2, 0) is 11.2 Å². The van der Waals surface area contributed by atoms with E-state index >= 15 is 0 Å². The number of amides is 1. The van der Waals surface area contributed by atoms with Crippen LogP contribution < -0.4 is 10.1 Å². The Bertz CT molecular complexity index is 395. The third kappa shape index (κ3) is 3.34. The maximum Gasteiger partial charge on any atom is 0.226 e. The molecule has 1 aromatic carbocycles. The van der Waals surface area contributed by atoms with Crippen molar-refractivity contribution in [2.45, 2.75) is 12.8 Å². The number of carbonyl (C=O) groups excluding carboxylic acids is 1. The molecule has 4 heteroatoms. The molecule has 0 bridgehead atoms. The van der Waals surface area contributed by atoms with Crippen LogP contribution in [-0.4, -0.2) is 23.5 Å². The lowest BCUT2D eigenvalue weighted by molar-refractivity contribution is -0.126. The number of para-hydroxylation sites is 1. The molecule has 0 radical (unpaired) electrons. The van der Waals surface area contributed by atoms with Crippen molar-refractivity contribution in [3.05, 3.63) is 29.8 Å². The second-order valence-corrected chi connectivity index (χ2v) is 5.23. The van der Waals surface area contributed by atoms with E-state index in [-0.39, 0.29) is 11.8 Å². The van der Waals surface area contributed by atoms with Crippen LogP contribution in [0.25, 0.3) is 0 Å². The summed E-state index contributed by atoms with van der Waals surface area (Å²) in [6.07, 6.45) is 1.81. The Morgan fingerprint density at radius 3 is 3.12 bits per heavy atom. The van der Waals surface area contributed by atoms with Gasteiger partial charge in [-0.1, -0.05) is 40.8 Å². The van der Waals surface area contributed by atoms with Crippen molar-refractivity contribution < 1.29 is 9.53 Å². The number of nitrogens with one attached hydrogen (secondary N) is 1. The van der Waals surface area contributed by atoms with E-state index in [4.69, 9.17) is 4.74 Å². The van der Waals surface area contributed by atoms with Gasteiger partial charge < -0.3 is 10.1 Å². The predicted octanol–water partition coefficient (Wildman–Crippen LogP) is 2.18. The second kappa shape index (κ2) is 6.23. The predicted molar refractivity (Wildman–Crippen MR) is 75.6 cm³/mol. The Balaban J connectivity index is 1.91. The average molecular weight is 345 g/mol. The topological polar surface area (TPSA) is 38.3 Å². The first-order valence-corrected chi connectivity index (χ1v) is 7.38. The Kier molecular flexibility index (Phi) is 4.65. The summed E-state index contributed by atoms with van der Waals surface area (Å²) >= 11 is 2.31. The largest absolute Gasteiger partial charge is 0.492 e. The molecule has 2 rings (SSSR count). The molecule has 0 aliphatic carbocycles. The van der Waals surface area contributed by atoms with Crippen molar-refractivity contribution >= 4 is 28.5 Å². The Morgan fingerprint density at radius 1 is 1.47 bits per heavy atom. The molecule has 0 saturated carbocycles. The van der Waals surface area contributed by atoms with Crippen molar-refractivity contribution in [2.75, 3.05) is 17.6 Å². The highest BCUT2D eigenvalue weighted by atomic mass is 127. The minimum absolute atomic E-state index is 0.0425. The van der Waals surface area contributed by atoms with Gasteiger partial charge in [-0.3, -0.25) is 4.79 Å². The van der Waals surface area contributed by atoms with E-state index < -0.39 is 0 Å². The number of carbonyl (C=O) groups is 1. The van der Waals surface area contributed by atoms with Crippen molar-refractivity contribution in [1.82, 2.24) is 5.32 Å². The highest BCUT2D eigenvalue weighted by Crippen LogP contribution is 2.26. The molecule has 0 saturated heterocycles. The molecular formula is C13H16INO2. The van der Waals surface area contributed by atoms with Gasteiger partial charge in [0.1, 0.15) is 12.4 Å². The number of alkyl halides is 1. The molecule has 0 spiro atoms. The first kappa shape index (κ1) is 12.7. The van der Waals surface area contributed by atoms with Crippen LogP contribution in [0.1, 0.15) is 12.0 Å². The van der Waals surface area contributed by atoms with Gasteiger partial charge in [0.2, 0.25) is 5.91 Å². The maximum atomic E-state index is 11.9. The summed E-state index contributed by atoms with van der Waals surface area (Å²) in [4.78, 5) is 11.9. The van der Waals surface area contributed by atoms with Gasteiger partial charge in [0, 0.05) is 11.0 Å². The SMILES string of the molecule is O=C(NCCCI)C1COc2ccccc2C1. The van der Waals surface area contributed by atoms with Gasteiger partial charge in [-0.15, -0.1) is 0 Å². The van der Waals surface area contributed by atoms with E-state index in [9.17, 15) is 4.79 Å². The summed E-state index contributed by atoms with van der Waals surface area (Å²) in [5.74, 6) is 0.993. The van der Waals surface area contributed by atoms with Crippen LogP contribution in [0.15, 0.2) is 24.3 Å². The summed E-state index contributed by atoms with van der Waals surface area (Å²) in [5.41, 5.74) is 1.13. The molecule has 17 heavy (non-hydrogen) atoms. The van der Waals surface area contributed by atoms with Crippen molar-refractivity contribution in [3.8, 4) is 5.75 Å². The van der Waals surface area contributed by atoms with Crippen LogP contribution in [0.3, 0.4) is 0 Å². The Hall–Kier alpha value is -0.780. The van der Waals surface area contributed by atoms with Crippen LogP contribution in [0, 0.1) is 5.92 Å². The summed E-state index contributed by atoms with van der Waals surface area (Å²) in [6, 6.07) is 7.93. The fraction of sp³-hybridized carbons (Fsp3) is 0.462. The van der Waals surface area contributed by atoms with E-state index in [1.165, 1.54) is 0 Å². The molecule has 1 unspecified atom stereocenters. The number of benzene rings is 1. The second-order valence-electron chi connectivity index (χ2n) is 4.15. The summed E-state index contributed by atoms with van der Waals surface area (Å²) in [5, 5.41) is 2.96. The highest BCUT2D eigenvalue weighted by molar-refractivity contribution is 14.1. The average Bonchev–Trinajstić information content (AvgIpc) is 2.38. The van der Waals surface area contributed by atoms with Gasteiger partial charge in [-0.25, -0.2) is 0 Å². The van der Waals surface area contributed by atoms with Crippen LogP contribution in [0.2, 0.25) is 0 Å². The number of hydrogen-bond donors (Lipinski definition) is 1. The lowest BCUT2D eigenvalue weighted by Gasteiger charge is -2.24. The zero-order chi connectivity index (χ0) is 12.1. The number of hydrogen-bond acceptors (Lipinski definition) is 2. The monoisotopic (exact) mass is 345 g/mol. The molecule has 1 amide bonds. The molecule has 1 N–H and O–H groups in total. The lowest BCUT2D eigenvalue weighted by Crippen LogP contribution is -2.37. The molecule has 1 aliphatic rings. The van der Waals surface area contributed by atoms with Gasteiger partial charge in [0.25, 0.3) is 0 Å². The standard InChI is InChI=1S/C13H16INO2/c14-6-3-7-15-13(16)11-8-10-4-1-2-5-12(10)17-9-11/h1-2,4-5,11H,3,6-9H2,(H,15,16). The number of halogens is 1. The van der Waals surface area contributed by atoms with Gasteiger partial charge in [-0.05, 0) is 24.5 Å². The van der Waals surface area contributed by atoms with E-state index in [0.29, 0.717) is 6.61 Å². The zero-order valence-electron chi connectivity index (χ0n) is 9.62. The third-order valence-electron chi connectivity index (χ3n) is 2.86. The fourth-order valence-corrected chi connectivity index (χ4v) is 2.30. The quantitative estimate of drug-likeness (QED) is 0.516. The normalized spacial score (nSPS) is 18.1. The molecule has 3 nitrogen and oxygen atoms in total. The lowest BCUT2D eigenvalue weighted by atomic mass is 9.96. The van der Waals surface area contributed by atoms with E-state index in [1.54, 1.807) is 0 Å². The van der Waals surface area contributed by atoms with Gasteiger partial charge >= 0.3 is 0 Å². The van der Waals surface area contributed by atoms with Crippen LogP contribution in [0.4, 0.5) is 0 Å². The van der Waals surface area contributed by atoms with Gasteiger partial charge in [0.15, 0.2) is 0 Å². The number of ether oxygens (including phenoxy) is 1. The molecule has 1 aliphatic heterocycles. The molecule has 0 fully saturated rings. The maximum absolute atomic E-state index is 11.9. The van der Waals surface area contributed by atoms with Gasteiger partial charge in [0.05, 0.1) is 5.92 Å². The summed E-state index contributed by atoms with van der Waals surface area (Å²) in [6.45, 7) is 1.26. The molecule has 1 atom stereocenters. The van der Waals surface area contributed by atoms with Crippen molar-refractivity contribution in [3.63, 3.8) is 0 Å². The van der Waals surface area contributed by atoms with E-state index in [2.05, 4.69) is 27.9 Å². The first-order chi connectivity index (χ1) is 8.31. The Morgan fingerprint density at radius 2 is 2.29 bits per heavy atom. The van der Waals surface area contributed by atoms with Crippen molar-refractivity contribution in [2.24, 2.45) is 5.92 Å². The first-order valence-electron chi connectivity index (χ1n) is 5.85. The van der Waals surface area contributed by atoms with E-state index in [0.717, 1.165) is 35.1 Å². The summed E-state index contributed by atoms with van der Waals surface area (Å²) < 4.78 is 6.67. The molecule has 1 aromatic rings. The van der Waals surface area contributed by atoms with Crippen LogP contribution in [0.5, 0.6) is 5.75 Å². The molecule has 1 heterocycles. The molecular weight excluding hydrogens is 329 g/mol. The number of rotatable bonds is 4. The van der Waals surface area contributed by atoms with Crippen molar-refractivity contribution in [1.29, 1.82) is 0 Å². The number of fused-ring (bicyclic) bond motifs is 1. The van der Waals surface area contributed by atoms with Gasteiger partial charge in [-0.2, -0.15) is 0 Å². The minimum atomic E-state index is -0.0425.